The Balaban J connectivity index is 1.29. The number of carboxylic acid groups (broad SMARTS) is 1. The van der Waals surface area contributed by atoms with Gasteiger partial charge in [0.15, 0.2) is 0 Å². The number of likely N-dealkylation sites (tertiary alicyclic amines) is 1. The van der Waals surface area contributed by atoms with Crippen molar-refractivity contribution in [2.45, 2.75) is 51.2 Å². The number of anilines is 1. The Bertz CT molecular complexity index is 1930. The Morgan fingerprint density at radius 3 is 2.67 bits per heavy atom. The average Bonchev–Trinajstić information content (AvgIpc) is 3.65. The van der Waals surface area contributed by atoms with Gasteiger partial charge >= 0.3 is 12.1 Å². The third kappa shape index (κ3) is 5.52. The molecule has 10 nitrogen and oxygen atoms in total. The number of carboxylic acids is 1. The molecule has 1 saturated heterocycles. The fraction of sp³-hybridized carbons (Fsp3) is 0.314. The number of fused-ring (bicyclic) bond motifs is 2. The van der Waals surface area contributed by atoms with Crippen molar-refractivity contribution in [3.63, 3.8) is 0 Å². The number of aliphatic carboxylic acids is 1. The molecule has 2 aliphatic rings. The van der Waals surface area contributed by atoms with Crippen LogP contribution in [0.25, 0.3) is 32.8 Å². The lowest BCUT2D eigenvalue weighted by Gasteiger charge is -2.16. The molecule has 1 saturated carbocycles. The Hall–Kier alpha value is -5.12. The molecule has 3 N–H and O–H groups in total. The third-order valence-electron chi connectivity index (χ3n) is 8.84. The average molecular weight is 606 g/mol. The molecule has 3 heterocycles. The molecule has 230 valence electrons. The van der Waals surface area contributed by atoms with E-state index in [4.69, 9.17) is 20.3 Å². The first-order valence-corrected chi connectivity index (χ1v) is 15.4. The lowest BCUT2D eigenvalue weighted by molar-refractivity contribution is -0.136. The zero-order chi connectivity index (χ0) is 31.1. The van der Waals surface area contributed by atoms with Crippen molar-refractivity contribution in [3.8, 4) is 16.9 Å². The summed E-state index contributed by atoms with van der Waals surface area (Å²) in [5.41, 5.74) is 11.7. The fourth-order valence-electron chi connectivity index (χ4n) is 6.54. The number of carbonyl (C=O) groups excluding carboxylic acids is 1. The van der Waals surface area contributed by atoms with Crippen LogP contribution < -0.4 is 10.5 Å². The summed E-state index contributed by atoms with van der Waals surface area (Å²) in [4.78, 5) is 30.2. The summed E-state index contributed by atoms with van der Waals surface area (Å²) in [5, 5.41) is 17.6. The zero-order valence-corrected chi connectivity index (χ0v) is 25.1. The number of nitrogens with two attached hydrogens (primary N) is 1. The van der Waals surface area contributed by atoms with Crippen molar-refractivity contribution < 1.29 is 24.2 Å². The van der Waals surface area contributed by atoms with E-state index < -0.39 is 5.97 Å². The van der Waals surface area contributed by atoms with Crippen molar-refractivity contribution in [1.82, 2.24) is 19.7 Å². The van der Waals surface area contributed by atoms with E-state index in [9.17, 15) is 14.7 Å². The molecule has 1 amide bonds. The maximum atomic E-state index is 12.5. The standard InChI is InChI=1S/C35H35N5O5/c1-2-44-35(43)39-16-14-23(19-39)40-31-12-11-22(25-5-3-7-27-26(25)13-15-37-34(27)36)17-29(31)30(38-40)20-45-32-8-4-6-24(21-9-10-21)28(32)18-33(41)42/h3-8,11-13,15,17,21,23H,2,9-10,14,16,18-20H2,1H3,(H2,36,37)(H,41,42). The molecular weight excluding hydrogens is 570 g/mol. The van der Waals surface area contributed by atoms with Gasteiger partial charge in [-0.15, -0.1) is 0 Å². The summed E-state index contributed by atoms with van der Waals surface area (Å²) >= 11 is 0. The summed E-state index contributed by atoms with van der Waals surface area (Å²) in [6, 6.07) is 20.0. The van der Waals surface area contributed by atoms with Crippen LogP contribution in [-0.4, -0.2) is 56.5 Å². The molecule has 0 radical (unpaired) electrons. The van der Waals surface area contributed by atoms with E-state index in [0.29, 0.717) is 37.2 Å². The molecule has 10 heteroatoms. The number of pyridine rings is 1. The second kappa shape index (κ2) is 11.8. The highest BCUT2D eigenvalue weighted by molar-refractivity contribution is 6.02. The first-order valence-electron chi connectivity index (χ1n) is 15.4. The SMILES string of the molecule is CCOC(=O)N1CCC(n2nc(COc3cccc(C4CC4)c3CC(=O)O)c3cc(-c4cccc5c(N)nccc45)ccc32)C1. The smallest absolute Gasteiger partial charge is 0.409 e. The number of nitrogen functional groups attached to an aromatic ring is 1. The van der Waals surface area contributed by atoms with Gasteiger partial charge in [0.25, 0.3) is 0 Å². The van der Waals surface area contributed by atoms with Crippen molar-refractivity contribution in [2.75, 3.05) is 25.4 Å². The highest BCUT2D eigenvalue weighted by atomic mass is 16.6. The first-order chi connectivity index (χ1) is 21.9. The molecule has 0 spiro atoms. The van der Waals surface area contributed by atoms with Gasteiger partial charge in [-0.2, -0.15) is 5.10 Å². The summed E-state index contributed by atoms with van der Waals surface area (Å²) in [7, 11) is 0. The van der Waals surface area contributed by atoms with Crippen molar-refractivity contribution in [3.05, 3.63) is 83.7 Å². The largest absolute Gasteiger partial charge is 0.487 e. The normalized spacial score (nSPS) is 16.4. The van der Waals surface area contributed by atoms with E-state index in [0.717, 1.165) is 68.9 Å². The second-order valence-corrected chi connectivity index (χ2v) is 11.8. The minimum Gasteiger partial charge on any atom is -0.487 e. The number of ether oxygens (including phenoxy) is 2. The van der Waals surface area contributed by atoms with E-state index >= 15 is 0 Å². The second-order valence-electron chi connectivity index (χ2n) is 11.8. The number of hydrogen-bond acceptors (Lipinski definition) is 7. The van der Waals surface area contributed by atoms with E-state index in [1.807, 2.05) is 41.1 Å². The fourth-order valence-corrected chi connectivity index (χ4v) is 6.54. The molecule has 2 aromatic heterocycles. The maximum Gasteiger partial charge on any atom is 0.409 e. The molecule has 1 unspecified atom stereocenters. The monoisotopic (exact) mass is 605 g/mol. The van der Waals surface area contributed by atoms with E-state index in [1.54, 1.807) is 18.0 Å². The van der Waals surface area contributed by atoms with Crippen molar-refractivity contribution >= 4 is 39.6 Å². The van der Waals surface area contributed by atoms with Crippen LogP contribution in [0.1, 0.15) is 55.0 Å². The van der Waals surface area contributed by atoms with Gasteiger partial charge in [0.05, 0.1) is 24.6 Å². The van der Waals surface area contributed by atoms with Gasteiger partial charge in [-0.3, -0.25) is 9.48 Å². The number of amides is 1. The summed E-state index contributed by atoms with van der Waals surface area (Å²) in [6.45, 7) is 3.39. The van der Waals surface area contributed by atoms with Crippen LogP contribution in [0.4, 0.5) is 10.6 Å². The molecule has 1 atom stereocenters. The van der Waals surface area contributed by atoms with Gasteiger partial charge in [0.1, 0.15) is 23.9 Å². The first kappa shape index (κ1) is 28.6. The number of rotatable bonds is 9. The van der Waals surface area contributed by atoms with E-state index in [-0.39, 0.29) is 25.2 Å². The number of benzene rings is 3. The minimum atomic E-state index is -0.884. The molecule has 5 aromatic rings. The van der Waals surface area contributed by atoms with Crippen LogP contribution in [0.3, 0.4) is 0 Å². The van der Waals surface area contributed by atoms with Crippen LogP contribution in [0.15, 0.2) is 66.9 Å². The number of hydrogen-bond donors (Lipinski definition) is 2. The molecule has 45 heavy (non-hydrogen) atoms. The predicted molar refractivity (Wildman–Crippen MR) is 171 cm³/mol. The Kier molecular flexibility index (Phi) is 7.48. The van der Waals surface area contributed by atoms with Gasteiger partial charge in [0.2, 0.25) is 0 Å². The predicted octanol–water partition coefficient (Wildman–Crippen LogP) is 6.32. The summed E-state index contributed by atoms with van der Waals surface area (Å²) in [6.07, 6.45) is 4.19. The molecule has 3 aromatic carbocycles. The van der Waals surface area contributed by atoms with Crippen molar-refractivity contribution in [1.29, 1.82) is 0 Å². The zero-order valence-electron chi connectivity index (χ0n) is 25.1. The Labute approximate surface area is 260 Å². The lowest BCUT2D eigenvalue weighted by Crippen LogP contribution is -2.29. The highest BCUT2D eigenvalue weighted by Gasteiger charge is 2.31. The molecule has 1 aliphatic carbocycles. The van der Waals surface area contributed by atoms with Crippen LogP contribution >= 0.6 is 0 Å². The molecule has 1 aliphatic heterocycles. The molecule has 2 fully saturated rings. The van der Waals surface area contributed by atoms with E-state index in [1.165, 1.54) is 0 Å². The van der Waals surface area contributed by atoms with Gasteiger partial charge in [-0.1, -0.05) is 36.4 Å². The summed E-state index contributed by atoms with van der Waals surface area (Å²) in [5.74, 6) is 0.563. The number of aromatic nitrogens is 3. The quantitative estimate of drug-likeness (QED) is 0.199. The van der Waals surface area contributed by atoms with Crippen LogP contribution in [-0.2, 0) is 22.6 Å². The molecule has 0 bridgehead atoms. The van der Waals surface area contributed by atoms with E-state index in [2.05, 4.69) is 29.2 Å². The summed E-state index contributed by atoms with van der Waals surface area (Å²) < 4.78 is 13.7. The number of nitrogens with zero attached hydrogens (tertiary/aromatic N) is 4. The van der Waals surface area contributed by atoms with Crippen LogP contribution in [0.2, 0.25) is 0 Å². The molecular formula is C35H35N5O5. The topological polar surface area (TPSA) is 133 Å². The number of carbonyl (C=O) groups is 2. The Morgan fingerprint density at radius 2 is 1.87 bits per heavy atom. The van der Waals surface area contributed by atoms with Gasteiger partial charge in [-0.05, 0) is 78.4 Å². The van der Waals surface area contributed by atoms with Gasteiger partial charge in [-0.25, -0.2) is 9.78 Å². The van der Waals surface area contributed by atoms with Gasteiger partial charge in [0, 0.05) is 35.6 Å². The molecule has 7 rings (SSSR count). The lowest BCUT2D eigenvalue weighted by atomic mass is 9.97. The minimum absolute atomic E-state index is 0.0271. The van der Waals surface area contributed by atoms with Crippen LogP contribution in [0.5, 0.6) is 5.75 Å². The van der Waals surface area contributed by atoms with Crippen molar-refractivity contribution in [2.24, 2.45) is 0 Å². The van der Waals surface area contributed by atoms with Gasteiger partial charge < -0.3 is 25.2 Å². The van der Waals surface area contributed by atoms with Crippen LogP contribution in [0, 0.1) is 0 Å². The maximum absolute atomic E-state index is 12.5. The Morgan fingerprint density at radius 1 is 1.02 bits per heavy atom. The highest BCUT2D eigenvalue weighted by Crippen LogP contribution is 2.44. The third-order valence-corrected chi connectivity index (χ3v) is 8.84.